The van der Waals surface area contributed by atoms with Gasteiger partial charge in [0.15, 0.2) is 0 Å². The van der Waals surface area contributed by atoms with Crippen molar-refractivity contribution in [1.29, 1.82) is 0 Å². The van der Waals surface area contributed by atoms with Gasteiger partial charge in [-0.1, -0.05) is 18.2 Å². The van der Waals surface area contributed by atoms with Crippen molar-refractivity contribution in [2.45, 2.75) is 13.1 Å². The van der Waals surface area contributed by atoms with E-state index in [2.05, 4.69) is 4.74 Å². The molecule has 0 unspecified atom stereocenters. The summed E-state index contributed by atoms with van der Waals surface area (Å²) in [5, 5.41) is 0. The van der Waals surface area contributed by atoms with Crippen LogP contribution in [0.4, 0.5) is 13.2 Å². The van der Waals surface area contributed by atoms with Gasteiger partial charge >= 0.3 is 18.1 Å². The number of carbonyl (C=O) groups excluding carboxylic acids is 2. The van der Waals surface area contributed by atoms with Crippen LogP contribution in [0.3, 0.4) is 0 Å². The second-order valence-corrected chi connectivity index (χ2v) is 2.99. The minimum Gasteiger partial charge on any atom is -0.383 e. The van der Waals surface area contributed by atoms with Gasteiger partial charge in [-0.05, 0) is 18.6 Å². The molecule has 0 atom stereocenters. The fourth-order valence-electron chi connectivity index (χ4n) is 0.999. The molecule has 0 fully saturated rings. The molecule has 0 spiro atoms. The number of hydrogen-bond donors (Lipinski definition) is 0. The third kappa shape index (κ3) is 2.82. The van der Waals surface area contributed by atoms with E-state index in [9.17, 15) is 22.8 Å². The van der Waals surface area contributed by atoms with Crippen LogP contribution in [0.1, 0.15) is 15.9 Å². The monoisotopic (exact) mass is 232 g/mol. The molecule has 1 aromatic carbocycles. The first-order valence-corrected chi connectivity index (χ1v) is 4.21. The van der Waals surface area contributed by atoms with E-state index in [0.29, 0.717) is 5.56 Å². The first-order chi connectivity index (χ1) is 7.32. The largest absolute Gasteiger partial charge is 0.491 e. The summed E-state index contributed by atoms with van der Waals surface area (Å²) in [5.41, 5.74) is 0.363. The third-order valence-electron chi connectivity index (χ3n) is 1.78. The van der Waals surface area contributed by atoms with Crippen molar-refractivity contribution >= 4 is 11.9 Å². The van der Waals surface area contributed by atoms with Gasteiger partial charge in [-0.3, -0.25) is 0 Å². The first-order valence-electron chi connectivity index (χ1n) is 4.21. The lowest BCUT2D eigenvalue weighted by Crippen LogP contribution is -2.28. The summed E-state index contributed by atoms with van der Waals surface area (Å²) < 4.78 is 39.1. The van der Waals surface area contributed by atoms with Gasteiger partial charge in [0.1, 0.15) is 0 Å². The fraction of sp³-hybridized carbons (Fsp3) is 0.200. The van der Waals surface area contributed by atoms with E-state index in [4.69, 9.17) is 0 Å². The number of carbonyl (C=O) groups is 2. The molecule has 1 aromatic rings. The molecule has 0 saturated heterocycles. The van der Waals surface area contributed by atoms with Gasteiger partial charge in [-0.15, -0.1) is 0 Å². The molecule has 1 rings (SSSR count). The molecule has 0 radical (unpaired) electrons. The Bertz CT molecular complexity index is 424. The molecule has 0 aliphatic rings. The number of ether oxygens (including phenoxy) is 1. The molecular formula is C10H7F3O3. The predicted molar refractivity (Wildman–Crippen MR) is 47.7 cm³/mol. The Labute approximate surface area is 88.8 Å². The van der Waals surface area contributed by atoms with E-state index in [0.717, 1.165) is 0 Å². The smallest absolute Gasteiger partial charge is 0.383 e. The van der Waals surface area contributed by atoms with Gasteiger partial charge in [0.2, 0.25) is 0 Å². The van der Waals surface area contributed by atoms with Gasteiger partial charge in [-0.25, -0.2) is 9.59 Å². The quantitative estimate of drug-likeness (QED) is 0.551. The van der Waals surface area contributed by atoms with E-state index < -0.39 is 18.1 Å². The maximum atomic E-state index is 11.8. The molecule has 0 bridgehead atoms. The molecule has 3 nitrogen and oxygen atoms in total. The van der Waals surface area contributed by atoms with Gasteiger partial charge < -0.3 is 4.74 Å². The van der Waals surface area contributed by atoms with Crippen LogP contribution in [0.5, 0.6) is 0 Å². The highest BCUT2D eigenvalue weighted by atomic mass is 19.4. The number of hydrogen-bond acceptors (Lipinski definition) is 3. The second-order valence-electron chi connectivity index (χ2n) is 2.99. The fourth-order valence-corrected chi connectivity index (χ4v) is 0.999. The summed E-state index contributed by atoms with van der Waals surface area (Å²) in [4.78, 5) is 21.6. The third-order valence-corrected chi connectivity index (χ3v) is 1.78. The van der Waals surface area contributed by atoms with Crippen molar-refractivity contribution < 1.29 is 27.5 Å². The minimum absolute atomic E-state index is 0.0694. The Kier molecular flexibility index (Phi) is 3.31. The number of esters is 2. The molecule has 0 saturated carbocycles. The summed E-state index contributed by atoms with van der Waals surface area (Å²) in [7, 11) is 0. The van der Waals surface area contributed by atoms with Crippen LogP contribution >= 0.6 is 0 Å². The Morgan fingerprint density at radius 2 is 1.75 bits per heavy atom. The van der Waals surface area contributed by atoms with E-state index in [1.165, 1.54) is 25.1 Å². The Morgan fingerprint density at radius 1 is 1.19 bits per heavy atom. The molecule has 86 valence electrons. The van der Waals surface area contributed by atoms with Gasteiger partial charge in [0, 0.05) is 0 Å². The first kappa shape index (κ1) is 12.2. The lowest BCUT2D eigenvalue weighted by Gasteiger charge is -2.06. The zero-order chi connectivity index (χ0) is 12.3. The zero-order valence-electron chi connectivity index (χ0n) is 8.17. The van der Waals surface area contributed by atoms with Crippen LogP contribution in [0.2, 0.25) is 0 Å². The van der Waals surface area contributed by atoms with E-state index >= 15 is 0 Å². The predicted octanol–water partition coefficient (Wildman–Crippen LogP) is 2.24. The summed E-state index contributed by atoms with van der Waals surface area (Å²) in [6.45, 7) is 1.52. The van der Waals surface area contributed by atoms with Crippen molar-refractivity contribution in [3.8, 4) is 0 Å². The van der Waals surface area contributed by atoms with Gasteiger partial charge in [-0.2, -0.15) is 13.2 Å². The maximum Gasteiger partial charge on any atom is 0.491 e. The average Bonchev–Trinajstić information content (AvgIpc) is 2.16. The summed E-state index contributed by atoms with van der Waals surface area (Å²) in [5.74, 6) is -3.82. The molecule has 0 aliphatic carbocycles. The Hall–Kier alpha value is -1.85. The van der Waals surface area contributed by atoms with Crippen LogP contribution in [0.15, 0.2) is 24.3 Å². The molecular weight excluding hydrogens is 225 g/mol. The number of halogens is 3. The standard InChI is InChI=1S/C10H7F3O3/c1-6-4-2-3-5-7(6)8(14)16-9(15)10(11,12)13/h2-5H,1H3. The molecule has 0 aliphatic heterocycles. The van der Waals surface area contributed by atoms with Crippen LogP contribution in [0, 0.1) is 6.92 Å². The number of aryl methyl sites for hydroxylation is 1. The summed E-state index contributed by atoms with van der Waals surface area (Å²) in [6.07, 6.45) is -5.17. The number of rotatable bonds is 1. The molecule has 0 heterocycles. The minimum atomic E-state index is -5.17. The van der Waals surface area contributed by atoms with Gasteiger partial charge in [0.25, 0.3) is 0 Å². The average molecular weight is 232 g/mol. The normalized spacial score (nSPS) is 11.0. The molecule has 0 N–H and O–H groups in total. The zero-order valence-corrected chi connectivity index (χ0v) is 8.17. The topological polar surface area (TPSA) is 43.4 Å². The lowest BCUT2D eigenvalue weighted by atomic mass is 10.1. The lowest BCUT2D eigenvalue weighted by molar-refractivity contribution is -0.193. The van der Waals surface area contributed by atoms with E-state index in [1.54, 1.807) is 6.07 Å². The van der Waals surface area contributed by atoms with Crippen molar-refractivity contribution in [1.82, 2.24) is 0 Å². The molecule has 6 heteroatoms. The van der Waals surface area contributed by atoms with Crippen molar-refractivity contribution in [3.05, 3.63) is 35.4 Å². The second kappa shape index (κ2) is 4.34. The highest BCUT2D eigenvalue weighted by Crippen LogP contribution is 2.18. The van der Waals surface area contributed by atoms with E-state index in [1.807, 2.05) is 0 Å². The number of alkyl halides is 3. The molecule has 0 amide bonds. The van der Waals surface area contributed by atoms with Crippen LogP contribution in [-0.2, 0) is 9.53 Å². The number of benzene rings is 1. The van der Waals surface area contributed by atoms with Gasteiger partial charge in [0.05, 0.1) is 5.56 Å². The maximum absolute atomic E-state index is 11.8. The molecule has 0 aromatic heterocycles. The molecule has 16 heavy (non-hydrogen) atoms. The van der Waals surface area contributed by atoms with Crippen molar-refractivity contribution in [2.75, 3.05) is 0 Å². The van der Waals surface area contributed by atoms with Crippen LogP contribution in [0.25, 0.3) is 0 Å². The van der Waals surface area contributed by atoms with E-state index in [-0.39, 0.29) is 5.56 Å². The van der Waals surface area contributed by atoms with Crippen molar-refractivity contribution in [3.63, 3.8) is 0 Å². The Balaban J connectivity index is 2.82. The van der Waals surface area contributed by atoms with Crippen LogP contribution < -0.4 is 0 Å². The SMILES string of the molecule is Cc1ccccc1C(=O)OC(=O)C(F)(F)F. The Morgan fingerprint density at radius 3 is 2.25 bits per heavy atom. The summed E-state index contributed by atoms with van der Waals surface area (Å²) >= 11 is 0. The van der Waals surface area contributed by atoms with Crippen molar-refractivity contribution in [2.24, 2.45) is 0 Å². The summed E-state index contributed by atoms with van der Waals surface area (Å²) in [6, 6.07) is 5.87. The highest BCUT2D eigenvalue weighted by molar-refractivity contribution is 5.99. The highest BCUT2D eigenvalue weighted by Gasteiger charge is 2.42. The van der Waals surface area contributed by atoms with Crippen LogP contribution in [-0.4, -0.2) is 18.1 Å².